The van der Waals surface area contributed by atoms with Gasteiger partial charge >= 0.3 is 6.09 Å². The highest BCUT2D eigenvalue weighted by atomic mass is 16.6. The van der Waals surface area contributed by atoms with Crippen LogP contribution in [0.3, 0.4) is 0 Å². The molecule has 1 rings (SSSR count). The van der Waals surface area contributed by atoms with E-state index in [1.54, 1.807) is 6.92 Å². The standard InChI is InChI=1S/C10H18N2O3/c1-7-6-10(14,9(2,3)4)12(11-7)8(13)15-5/h14H,6H2,1-5H3. The number of hydrazone groups is 1. The van der Waals surface area contributed by atoms with E-state index in [4.69, 9.17) is 0 Å². The summed E-state index contributed by atoms with van der Waals surface area (Å²) in [5.74, 6) is 0. The molecule has 86 valence electrons. The fourth-order valence-electron chi connectivity index (χ4n) is 1.58. The first kappa shape index (κ1) is 12.0. The molecule has 1 aliphatic heterocycles. The van der Waals surface area contributed by atoms with E-state index in [-0.39, 0.29) is 0 Å². The predicted molar refractivity (Wildman–Crippen MR) is 56.4 cm³/mol. The molecule has 1 heterocycles. The molecule has 0 aromatic carbocycles. The number of methoxy groups -OCH3 is 1. The van der Waals surface area contributed by atoms with Gasteiger partial charge in [0.25, 0.3) is 0 Å². The molecule has 1 aliphatic rings. The second kappa shape index (κ2) is 3.48. The Morgan fingerprint density at radius 3 is 2.53 bits per heavy atom. The fraction of sp³-hybridized carbons (Fsp3) is 0.800. The van der Waals surface area contributed by atoms with Gasteiger partial charge in [-0.15, -0.1) is 0 Å². The summed E-state index contributed by atoms with van der Waals surface area (Å²) in [5, 5.41) is 15.5. The highest BCUT2D eigenvalue weighted by molar-refractivity contribution is 5.87. The lowest BCUT2D eigenvalue weighted by Crippen LogP contribution is -2.54. The molecule has 0 saturated heterocycles. The quantitative estimate of drug-likeness (QED) is 0.665. The zero-order valence-corrected chi connectivity index (χ0v) is 9.87. The van der Waals surface area contributed by atoms with Gasteiger partial charge in [0.2, 0.25) is 0 Å². The third-order valence-electron chi connectivity index (χ3n) is 2.67. The molecular formula is C10H18N2O3. The number of rotatable bonds is 0. The Bertz CT molecular complexity index is 306. The maximum absolute atomic E-state index is 11.5. The lowest BCUT2D eigenvalue weighted by Gasteiger charge is -2.40. The van der Waals surface area contributed by atoms with Crippen molar-refractivity contribution in [2.45, 2.75) is 39.8 Å². The van der Waals surface area contributed by atoms with Crippen molar-refractivity contribution in [3.05, 3.63) is 0 Å². The molecule has 1 unspecified atom stereocenters. The Morgan fingerprint density at radius 2 is 2.13 bits per heavy atom. The molecular weight excluding hydrogens is 196 g/mol. The van der Waals surface area contributed by atoms with E-state index < -0.39 is 17.2 Å². The van der Waals surface area contributed by atoms with E-state index >= 15 is 0 Å². The van der Waals surface area contributed by atoms with E-state index in [9.17, 15) is 9.90 Å². The Hall–Kier alpha value is -1.10. The maximum Gasteiger partial charge on any atom is 0.432 e. The molecule has 1 N–H and O–H groups in total. The lowest BCUT2D eigenvalue weighted by atomic mass is 9.80. The van der Waals surface area contributed by atoms with Gasteiger partial charge in [0.15, 0.2) is 5.72 Å². The van der Waals surface area contributed by atoms with Crippen molar-refractivity contribution in [3.63, 3.8) is 0 Å². The number of amides is 1. The molecule has 0 spiro atoms. The number of carbonyl (C=O) groups is 1. The van der Waals surface area contributed by atoms with Gasteiger partial charge in [0, 0.05) is 17.5 Å². The second-order valence-corrected chi connectivity index (χ2v) is 4.86. The molecule has 0 saturated carbocycles. The molecule has 5 nitrogen and oxygen atoms in total. The predicted octanol–water partition coefficient (Wildman–Crippen LogP) is 1.57. The number of aliphatic hydroxyl groups is 1. The van der Waals surface area contributed by atoms with E-state index in [0.29, 0.717) is 6.42 Å². The molecule has 1 amide bonds. The second-order valence-electron chi connectivity index (χ2n) is 4.86. The van der Waals surface area contributed by atoms with Gasteiger partial charge in [-0.05, 0) is 6.92 Å². The van der Waals surface area contributed by atoms with Gasteiger partial charge in [0.05, 0.1) is 7.11 Å². The van der Waals surface area contributed by atoms with Gasteiger partial charge in [-0.3, -0.25) is 0 Å². The summed E-state index contributed by atoms with van der Waals surface area (Å²) in [5.41, 5.74) is -1.06. The van der Waals surface area contributed by atoms with Crippen LogP contribution in [-0.4, -0.2) is 34.8 Å². The molecule has 0 aromatic rings. The largest absolute Gasteiger partial charge is 0.451 e. The SMILES string of the molecule is COC(=O)N1N=C(C)CC1(O)C(C)(C)C. The molecule has 1 atom stereocenters. The summed E-state index contributed by atoms with van der Waals surface area (Å²) in [6, 6.07) is 0. The van der Waals surface area contributed by atoms with Gasteiger partial charge < -0.3 is 9.84 Å². The molecule has 0 fully saturated rings. The number of hydrogen-bond acceptors (Lipinski definition) is 4. The first-order valence-electron chi connectivity index (χ1n) is 4.87. The van der Waals surface area contributed by atoms with Crippen molar-refractivity contribution in [1.29, 1.82) is 0 Å². The van der Waals surface area contributed by atoms with Crippen molar-refractivity contribution in [1.82, 2.24) is 5.01 Å². The fourth-order valence-corrected chi connectivity index (χ4v) is 1.58. The Morgan fingerprint density at radius 1 is 1.60 bits per heavy atom. The average molecular weight is 214 g/mol. The molecule has 0 aliphatic carbocycles. The molecule has 0 radical (unpaired) electrons. The summed E-state index contributed by atoms with van der Waals surface area (Å²) in [7, 11) is 1.27. The Labute approximate surface area is 89.7 Å². The van der Waals surface area contributed by atoms with Crippen LogP contribution in [0.5, 0.6) is 0 Å². The van der Waals surface area contributed by atoms with E-state index in [1.165, 1.54) is 7.11 Å². The van der Waals surface area contributed by atoms with Crippen molar-refractivity contribution in [2.75, 3.05) is 7.11 Å². The first-order valence-corrected chi connectivity index (χ1v) is 4.87. The monoisotopic (exact) mass is 214 g/mol. The van der Waals surface area contributed by atoms with Gasteiger partial charge in [-0.2, -0.15) is 10.1 Å². The van der Waals surface area contributed by atoms with Crippen molar-refractivity contribution in [2.24, 2.45) is 10.5 Å². The smallest absolute Gasteiger partial charge is 0.432 e. The topological polar surface area (TPSA) is 62.1 Å². The van der Waals surface area contributed by atoms with Gasteiger partial charge in [-0.25, -0.2) is 4.79 Å². The summed E-state index contributed by atoms with van der Waals surface area (Å²) < 4.78 is 4.59. The molecule has 0 aromatic heterocycles. The summed E-state index contributed by atoms with van der Waals surface area (Å²) in [6.07, 6.45) is -0.282. The van der Waals surface area contributed by atoms with Crippen molar-refractivity contribution < 1.29 is 14.6 Å². The van der Waals surface area contributed by atoms with Crippen molar-refractivity contribution in [3.8, 4) is 0 Å². The summed E-state index contributed by atoms with van der Waals surface area (Å²) in [4.78, 5) is 11.5. The summed E-state index contributed by atoms with van der Waals surface area (Å²) >= 11 is 0. The minimum atomic E-state index is -1.30. The number of carbonyl (C=O) groups excluding carboxylic acids is 1. The first-order chi connectivity index (χ1) is 6.72. The van der Waals surface area contributed by atoms with Crippen LogP contribution in [0.4, 0.5) is 4.79 Å². The van der Waals surface area contributed by atoms with E-state index in [2.05, 4.69) is 9.84 Å². The third-order valence-corrected chi connectivity index (χ3v) is 2.67. The van der Waals surface area contributed by atoms with Crippen LogP contribution in [0, 0.1) is 5.41 Å². The van der Waals surface area contributed by atoms with Crippen molar-refractivity contribution >= 4 is 11.8 Å². The Kier molecular flexibility index (Phi) is 2.78. The van der Waals surface area contributed by atoms with Crippen LogP contribution in [0.2, 0.25) is 0 Å². The highest BCUT2D eigenvalue weighted by Crippen LogP contribution is 2.40. The molecule has 5 heteroatoms. The Balaban J connectivity index is 3.07. The van der Waals surface area contributed by atoms with Crippen LogP contribution in [-0.2, 0) is 4.74 Å². The zero-order chi connectivity index (χ0) is 11.9. The highest BCUT2D eigenvalue weighted by Gasteiger charge is 2.52. The van der Waals surface area contributed by atoms with Crippen LogP contribution >= 0.6 is 0 Å². The number of hydrogen-bond donors (Lipinski definition) is 1. The summed E-state index contributed by atoms with van der Waals surface area (Å²) in [6.45, 7) is 7.35. The minimum absolute atomic E-state index is 0.353. The van der Waals surface area contributed by atoms with E-state index in [1.807, 2.05) is 20.8 Å². The zero-order valence-electron chi connectivity index (χ0n) is 9.87. The molecule has 15 heavy (non-hydrogen) atoms. The average Bonchev–Trinajstić information content (AvgIpc) is 2.40. The van der Waals surface area contributed by atoms with Crippen LogP contribution < -0.4 is 0 Å². The van der Waals surface area contributed by atoms with E-state index in [0.717, 1.165) is 10.7 Å². The lowest BCUT2D eigenvalue weighted by molar-refractivity contribution is -0.148. The van der Waals surface area contributed by atoms with Crippen LogP contribution in [0.1, 0.15) is 34.1 Å². The van der Waals surface area contributed by atoms with Gasteiger partial charge in [-0.1, -0.05) is 20.8 Å². The van der Waals surface area contributed by atoms with Crippen LogP contribution in [0.15, 0.2) is 5.10 Å². The number of nitrogens with zero attached hydrogens (tertiary/aromatic N) is 2. The normalized spacial score (nSPS) is 26.5. The number of ether oxygens (including phenoxy) is 1. The van der Waals surface area contributed by atoms with Crippen LogP contribution in [0.25, 0.3) is 0 Å². The van der Waals surface area contributed by atoms with Gasteiger partial charge in [0.1, 0.15) is 0 Å². The minimum Gasteiger partial charge on any atom is -0.451 e. The third kappa shape index (κ3) is 1.84. The maximum atomic E-state index is 11.5. The molecule has 0 bridgehead atoms.